The van der Waals surface area contributed by atoms with Gasteiger partial charge in [0.2, 0.25) is 0 Å². The molecule has 0 radical (unpaired) electrons. The van der Waals surface area contributed by atoms with Crippen LogP contribution in [0.1, 0.15) is 11.5 Å². The standard InChI is InChI=1S/C13H15NO4S/c15-13(16)12(10-4-2-1-3-5-10)8-14-11-6-7-19(17,18)9-11/h1-7,11-12,14H,8-9H2,(H,15,16). The zero-order valence-electron chi connectivity index (χ0n) is 10.2. The Morgan fingerprint density at radius 2 is 2.05 bits per heavy atom. The lowest BCUT2D eigenvalue weighted by molar-refractivity contribution is -0.138. The molecule has 1 aliphatic heterocycles. The number of hydrogen-bond acceptors (Lipinski definition) is 4. The topological polar surface area (TPSA) is 83.5 Å². The lowest BCUT2D eigenvalue weighted by Gasteiger charge is -2.16. The minimum absolute atomic E-state index is 0.00582. The van der Waals surface area contributed by atoms with Crippen molar-refractivity contribution in [3.8, 4) is 0 Å². The third-order valence-electron chi connectivity index (χ3n) is 3.01. The molecule has 0 aliphatic carbocycles. The number of nitrogens with one attached hydrogen (secondary N) is 1. The first kappa shape index (κ1) is 13.8. The number of hydrogen-bond donors (Lipinski definition) is 2. The first-order valence-corrected chi connectivity index (χ1v) is 7.61. The van der Waals surface area contributed by atoms with Crippen molar-refractivity contribution in [1.29, 1.82) is 0 Å². The highest BCUT2D eigenvalue weighted by molar-refractivity contribution is 7.94. The highest BCUT2D eigenvalue weighted by Crippen LogP contribution is 2.16. The molecule has 2 N–H and O–H groups in total. The summed E-state index contributed by atoms with van der Waals surface area (Å²) in [5.41, 5.74) is 0.701. The smallest absolute Gasteiger partial charge is 0.312 e. The van der Waals surface area contributed by atoms with Crippen LogP contribution in [0.5, 0.6) is 0 Å². The monoisotopic (exact) mass is 281 g/mol. The maximum absolute atomic E-state index is 11.3. The van der Waals surface area contributed by atoms with Gasteiger partial charge in [0.25, 0.3) is 0 Å². The van der Waals surface area contributed by atoms with Gasteiger partial charge in [0.05, 0.1) is 11.7 Å². The number of carboxylic acid groups (broad SMARTS) is 1. The zero-order valence-corrected chi connectivity index (χ0v) is 11.0. The summed E-state index contributed by atoms with van der Waals surface area (Å²) < 4.78 is 22.5. The molecule has 0 amide bonds. The number of aliphatic carboxylic acids is 1. The van der Waals surface area contributed by atoms with E-state index in [2.05, 4.69) is 5.32 Å². The average molecular weight is 281 g/mol. The van der Waals surface area contributed by atoms with Crippen molar-refractivity contribution in [2.75, 3.05) is 12.3 Å². The Morgan fingerprint density at radius 3 is 2.58 bits per heavy atom. The van der Waals surface area contributed by atoms with Crippen LogP contribution in [-0.4, -0.2) is 37.8 Å². The van der Waals surface area contributed by atoms with Gasteiger partial charge in [-0.2, -0.15) is 0 Å². The van der Waals surface area contributed by atoms with Gasteiger partial charge >= 0.3 is 5.97 Å². The van der Waals surface area contributed by atoms with E-state index in [1.165, 1.54) is 5.41 Å². The third kappa shape index (κ3) is 3.65. The fourth-order valence-corrected chi connectivity index (χ4v) is 3.27. The molecule has 19 heavy (non-hydrogen) atoms. The van der Waals surface area contributed by atoms with E-state index >= 15 is 0 Å². The van der Waals surface area contributed by atoms with Crippen molar-refractivity contribution in [3.05, 3.63) is 47.4 Å². The van der Waals surface area contributed by atoms with Crippen molar-refractivity contribution in [2.24, 2.45) is 0 Å². The Balaban J connectivity index is 2.00. The molecule has 5 nitrogen and oxygen atoms in total. The number of benzene rings is 1. The van der Waals surface area contributed by atoms with Crippen molar-refractivity contribution in [1.82, 2.24) is 5.32 Å². The van der Waals surface area contributed by atoms with Gasteiger partial charge in [-0.3, -0.25) is 4.79 Å². The van der Waals surface area contributed by atoms with E-state index < -0.39 is 21.7 Å². The number of carbonyl (C=O) groups is 1. The van der Waals surface area contributed by atoms with E-state index in [1.54, 1.807) is 30.3 Å². The van der Waals surface area contributed by atoms with E-state index in [9.17, 15) is 18.3 Å². The van der Waals surface area contributed by atoms with Gasteiger partial charge in [0.15, 0.2) is 9.84 Å². The predicted octanol–water partition coefficient (Wildman–Crippen LogP) is 0.755. The fraction of sp³-hybridized carbons (Fsp3) is 0.308. The molecule has 0 bridgehead atoms. The van der Waals surface area contributed by atoms with E-state index in [0.29, 0.717) is 5.56 Å². The summed E-state index contributed by atoms with van der Waals surface area (Å²) in [5, 5.41) is 13.4. The molecule has 2 unspecified atom stereocenters. The molecular weight excluding hydrogens is 266 g/mol. The molecule has 102 valence electrons. The largest absolute Gasteiger partial charge is 0.481 e. The van der Waals surface area contributed by atoms with Crippen LogP contribution in [0.2, 0.25) is 0 Å². The first-order chi connectivity index (χ1) is 8.98. The minimum atomic E-state index is -3.12. The summed E-state index contributed by atoms with van der Waals surface area (Å²) in [6.45, 7) is 0.198. The normalized spacial score (nSPS) is 22.2. The molecule has 0 fully saturated rings. The lowest BCUT2D eigenvalue weighted by Crippen LogP contribution is -2.35. The number of rotatable bonds is 5. The molecule has 0 spiro atoms. The Kier molecular flexibility index (Phi) is 4.01. The minimum Gasteiger partial charge on any atom is -0.481 e. The molecule has 0 saturated heterocycles. The maximum Gasteiger partial charge on any atom is 0.312 e. The van der Waals surface area contributed by atoms with Crippen LogP contribution >= 0.6 is 0 Å². The van der Waals surface area contributed by atoms with E-state index in [4.69, 9.17) is 0 Å². The third-order valence-corrected chi connectivity index (χ3v) is 4.41. The molecule has 1 aromatic rings. The highest BCUT2D eigenvalue weighted by atomic mass is 32.2. The zero-order chi connectivity index (χ0) is 13.9. The molecule has 0 saturated carbocycles. The molecule has 6 heteroatoms. The summed E-state index contributed by atoms with van der Waals surface area (Å²) in [5.74, 6) is -1.62. The van der Waals surface area contributed by atoms with Crippen molar-refractivity contribution >= 4 is 15.8 Å². The Bertz CT molecular complexity index is 580. The van der Waals surface area contributed by atoms with E-state index in [1.807, 2.05) is 6.07 Å². The Hall–Kier alpha value is -1.66. The van der Waals surface area contributed by atoms with Crippen LogP contribution in [0.15, 0.2) is 41.8 Å². The van der Waals surface area contributed by atoms with Gasteiger partial charge in [0.1, 0.15) is 0 Å². The van der Waals surface area contributed by atoms with Crippen LogP contribution in [0.4, 0.5) is 0 Å². The van der Waals surface area contributed by atoms with Crippen LogP contribution < -0.4 is 5.32 Å². The summed E-state index contributed by atoms with van der Waals surface area (Å²) in [6.07, 6.45) is 1.55. The van der Waals surface area contributed by atoms with Gasteiger partial charge in [-0.15, -0.1) is 0 Å². The number of sulfone groups is 1. The van der Waals surface area contributed by atoms with Gasteiger partial charge in [-0.25, -0.2) is 8.42 Å². The second-order valence-corrected chi connectivity index (χ2v) is 6.41. The first-order valence-electron chi connectivity index (χ1n) is 5.90. The van der Waals surface area contributed by atoms with Crippen LogP contribution in [0, 0.1) is 0 Å². The van der Waals surface area contributed by atoms with Crippen molar-refractivity contribution < 1.29 is 18.3 Å². The molecule has 1 heterocycles. The molecule has 2 rings (SSSR count). The lowest BCUT2D eigenvalue weighted by atomic mass is 9.99. The molecule has 1 aliphatic rings. The van der Waals surface area contributed by atoms with Gasteiger partial charge in [-0.1, -0.05) is 36.4 Å². The second kappa shape index (κ2) is 5.54. The summed E-state index contributed by atoms with van der Waals surface area (Å²) in [7, 11) is -3.12. The van der Waals surface area contributed by atoms with Crippen molar-refractivity contribution in [2.45, 2.75) is 12.0 Å². The second-order valence-electron chi connectivity index (χ2n) is 4.47. The number of carboxylic acids is 1. The van der Waals surface area contributed by atoms with Crippen LogP contribution in [0.3, 0.4) is 0 Å². The quantitative estimate of drug-likeness (QED) is 0.832. The highest BCUT2D eigenvalue weighted by Gasteiger charge is 2.25. The maximum atomic E-state index is 11.3. The molecule has 0 aromatic heterocycles. The Morgan fingerprint density at radius 1 is 1.37 bits per heavy atom. The van der Waals surface area contributed by atoms with Crippen molar-refractivity contribution in [3.63, 3.8) is 0 Å². The molecular formula is C13H15NO4S. The predicted molar refractivity (Wildman–Crippen MR) is 71.5 cm³/mol. The Labute approximate surface area is 111 Å². The van der Waals surface area contributed by atoms with Gasteiger partial charge < -0.3 is 10.4 Å². The summed E-state index contributed by atoms with van der Waals surface area (Å²) in [4.78, 5) is 11.3. The van der Waals surface area contributed by atoms with Gasteiger partial charge in [-0.05, 0) is 5.56 Å². The fourth-order valence-electron chi connectivity index (χ4n) is 2.01. The average Bonchev–Trinajstić information content (AvgIpc) is 2.70. The van der Waals surface area contributed by atoms with Crippen LogP contribution in [-0.2, 0) is 14.6 Å². The summed E-state index contributed by atoms with van der Waals surface area (Å²) >= 11 is 0. The SMILES string of the molecule is O=C(O)C(CNC1C=CS(=O)(=O)C1)c1ccccc1. The van der Waals surface area contributed by atoms with E-state index in [0.717, 1.165) is 0 Å². The van der Waals surface area contributed by atoms with E-state index in [-0.39, 0.29) is 18.3 Å². The van der Waals surface area contributed by atoms with Crippen LogP contribution in [0.25, 0.3) is 0 Å². The molecule has 1 aromatic carbocycles. The molecule has 2 atom stereocenters. The summed E-state index contributed by atoms with van der Waals surface area (Å²) in [6, 6.07) is 8.58. The van der Waals surface area contributed by atoms with Gasteiger partial charge in [0, 0.05) is 18.0 Å².